The molecule has 3 rings (SSSR count). The smallest absolute Gasteiger partial charge is 0.252 e. The molecular formula is C15H18N2O2S. The molecule has 0 spiro atoms. The Bertz CT molecular complexity index is 586. The Morgan fingerprint density at radius 2 is 2.30 bits per heavy atom. The Morgan fingerprint density at radius 3 is 3.00 bits per heavy atom. The van der Waals surface area contributed by atoms with Crippen molar-refractivity contribution in [3.8, 4) is 0 Å². The lowest BCUT2D eigenvalue weighted by Gasteiger charge is -2.25. The highest BCUT2D eigenvalue weighted by atomic mass is 32.1. The summed E-state index contributed by atoms with van der Waals surface area (Å²) in [6, 6.07) is 8.03. The zero-order valence-electron chi connectivity index (χ0n) is 11.7. The molecule has 0 radical (unpaired) electrons. The van der Waals surface area contributed by atoms with Crippen LogP contribution < -0.4 is 0 Å². The largest absolute Gasteiger partial charge is 0.368 e. The zero-order valence-corrected chi connectivity index (χ0v) is 12.5. The molecule has 2 atom stereocenters. The fourth-order valence-corrected chi connectivity index (χ4v) is 3.49. The van der Waals surface area contributed by atoms with E-state index < -0.39 is 0 Å². The van der Waals surface area contributed by atoms with Crippen molar-refractivity contribution in [2.45, 2.75) is 31.9 Å². The number of hydrogen-bond acceptors (Lipinski definition) is 4. The minimum Gasteiger partial charge on any atom is -0.368 e. The van der Waals surface area contributed by atoms with Gasteiger partial charge in [0.2, 0.25) is 0 Å². The Balaban J connectivity index is 1.80. The van der Waals surface area contributed by atoms with Crippen LogP contribution in [0.3, 0.4) is 0 Å². The normalized spacial score (nSPS) is 20.2. The van der Waals surface area contributed by atoms with Gasteiger partial charge in [-0.05, 0) is 31.9 Å². The van der Waals surface area contributed by atoms with E-state index in [2.05, 4.69) is 11.1 Å². The van der Waals surface area contributed by atoms with Crippen LogP contribution in [0.15, 0.2) is 24.3 Å². The highest BCUT2D eigenvalue weighted by Crippen LogP contribution is 2.29. The standard InChI is InChI=1S/C15H18N2O2S/c1-10(17(2)15(18)12-7-5-9-19-12)14-16-11-6-3-4-8-13(11)20-14/h3-4,6,8,10,12H,5,7,9H2,1-2H3/t10-,12-/m0/s1. The molecule has 5 heteroatoms. The molecule has 1 aromatic carbocycles. The topological polar surface area (TPSA) is 42.4 Å². The average Bonchev–Trinajstić information content (AvgIpc) is 3.13. The van der Waals surface area contributed by atoms with E-state index in [-0.39, 0.29) is 18.1 Å². The lowest BCUT2D eigenvalue weighted by molar-refractivity contribution is -0.141. The number of likely N-dealkylation sites (N-methyl/N-ethyl adjacent to an activating group) is 1. The number of hydrogen-bond donors (Lipinski definition) is 0. The fourth-order valence-electron chi connectivity index (χ4n) is 2.42. The van der Waals surface area contributed by atoms with E-state index in [9.17, 15) is 4.79 Å². The van der Waals surface area contributed by atoms with E-state index in [0.717, 1.165) is 28.1 Å². The Hall–Kier alpha value is -1.46. The van der Waals surface area contributed by atoms with Gasteiger partial charge in [-0.15, -0.1) is 11.3 Å². The van der Waals surface area contributed by atoms with Crippen LogP contribution in [0.1, 0.15) is 30.8 Å². The van der Waals surface area contributed by atoms with E-state index in [1.807, 2.05) is 32.2 Å². The van der Waals surface area contributed by atoms with Crippen molar-refractivity contribution < 1.29 is 9.53 Å². The summed E-state index contributed by atoms with van der Waals surface area (Å²) in [6.07, 6.45) is 1.53. The van der Waals surface area contributed by atoms with Gasteiger partial charge in [-0.2, -0.15) is 0 Å². The van der Waals surface area contributed by atoms with Gasteiger partial charge >= 0.3 is 0 Å². The van der Waals surface area contributed by atoms with Crippen LogP contribution in [0.25, 0.3) is 10.2 Å². The van der Waals surface area contributed by atoms with Gasteiger partial charge in [-0.25, -0.2) is 4.98 Å². The van der Waals surface area contributed by atoms with E-state index >= 15 is 0 Å². The van der Waals surface area contributed by atoms with Gasteiger partial charge in [0.1, 0.15) is 11.1 Å². The second kappa shape index (κ2) is 5.50. The predicted octanol–water partition coefficient (Wildman–Crippen LogP) is 2.99. The third kappa shape index (κ3) is 2.43. The summed E-state index contributed by atoms with van der Waals surface area (Å²) in [5, 5.41) is 0.972. The number of carbonyl (C=O) groups is 1. The fraction of sp³-hybridized carbons (Fsp3) is 0.467. The minimum atomic E-state index is -0.267. The molecule has 0 aliphatic carbocycles. The highest BCUT2D eigenvalue weighted by molar-refractivity contribution is 7.18. The van der Waals surface area contributed by atoms with E-state index in [1.54, 1.807) is 16.2 Å². The predicted molar refractivity (Wildman–Crippen MR) is 79.8 cm³/mol. The van der Waals surface area contributed by atoms with Crippen LogP contribution in [0.2, 0.25) is 0 Å². The molecular weight excluding hydrogens is 272 g/mol. The van der Waals surface area contributed by atoms with Gasteiger partial charge in [-0.1, -0.05) is 12.1 Å². The van der Waals surface area contributed by atoms with Gasteiger partial charge in [0.05, 0.1) is 16.3 Å². The SMILES string of the molecule is C[C@@H](c1nc2ccccc2s1)N(C)C(=O)[C@@H]1CCCO1. The first-order valence-corrected chi connectivity index (χ1v) is 7.72. The number of amides is 1. The number of nitrogens with zero attached hydrogens (tertiary/aromatic N) is 2. The number of fused-ring (bicyclic) bond motifs is 1. The molecule has 1 saturated heterocycles. The molecule has 0 N–H and O–H groups in total. The van der Waals surface area contributed by atoms with Crippen molar-refractivity contribution in [1.82, 2.24) is 9.88 Å². The summed E-state index contributed by atoms with van der Waals surface area (Å²) in [5.74, 6) is 0.0641. The van der Waals surface area contributed by atoms with Crippen LogP contribution in [0.4, 0.5) is 0 Å². The summed E-state index contributed by atoms with van der Waals surface area (Å²) in [7, 11) is 1.83. The molecule has 1 aliphatic rings. The first kappa shape index (κ1) is 13.5. The first-order valence-electron chi connectivity index (χ1n) is 6.90. The number of para-hydroxylation sites is 1. The third-order valence-electron chi connectivity index (χ3n) is 3.80. The lowest BCUT2D eigenvalue weighted by Crippen LogP contribution is -2.37. The number of aromatic nitrogens is 1. The zero-order chi connectivity index (χ0) is 14.1. The van der Waals surface area contributed by atoms with Gasteiger partial charge in [0.15, 0.2) is 0 Å². The van der Waals surface area contributed by atoms with Crippen molar-refractivity contribution in [1.29, 1.82) is 0 Å². The van der Waals surface area contributed by atoms with Crippen molar-refractivity contribution in [2.75, 3.05) is 13.7 Å². The summed E-state index contributed by atoms with van der Waals surface area (Å²) in [4.78, 5) is 18.7. The van der Waals surface area contributed by atoms with E-state index in [4.69, 9.17) is 4.74 Å². The van der Waals surface area contributed by atoms with Crippen LogP contribution in [-0.2, 0) is 9.53 Å². The number of carbonyl (C=O) groups excluding carboxylic acids is 1. The number of ether oxygens (including phenoxy) is 1. The molecule has 0 unspecified atom stereocenters. The molecule has 2 aromatic rings. The molecule has 0 bridgehead atoms. The first-order chi connectivity index (χ1) is 9.66. The van der Waals surface area contributed by atoms with Crippen LogP contribution in [-0.4, -0.2) is 35.5 Å². The van der Waals surface area contributed by atoms with Crippen LogP contribution in [0, 0.1) is 0 Å². The maximum atomic E-state index is 12.4. The molecule has 0 saturated carbocycles. The maximum absolute atomic E-state index is 12.4. The van der Waals surface area contributed by atoms with Gasteiger partial charge in [0.25, 0.3) is 5.91 Å². The summed E-state index contributed by atoms with van der Waals surface area (Å²) >= 11 is 1.65. The number of thiazole rings is 1. The van der Waals surface area contributed by atoms with Crippen LogP contribution >= 0.6 is 11.3 Å². The van der Waals surface area contributed by atoms with Crippen molar-refractivity contribution in [3.63, 3.8) is 0 Å². The Kier molecular flexibility index (Phi) is 3.72. The molecule has 4 nitrogen and oxygen atoms in total. The quantitative estimate of drug-likeness (QED) is 0.872. The average molecular weight is 290 g/mol. The molecule has 2 heterocycles. The number of benzene rings is 1. The molecule has 1 amide bonds. The molecule has 1 aromatic heterocycles. The third-order valence-corrected chi connectivity index (χ3v) is 5.01. The van der Waals surface area contributed by atoms with E-state index in [1.165, 1.54) is 0 Å². The second-order valence-electron chi connectivity index (χ2n) is 5.15. The maximum Gasteiger partial charge on any atom is 0.252 e. The van der Waals surface area contributed by atoms with Crippen molar-refractivity contribution >= 4 is 27.5 Å². The van der Waals surface area contributed by atoms with Gasteiger partial charge in [0, 0.05) is 13.7 Å². The molecule has 1 fully saturated rings. The van der Waals surface area contributed by atoms with Gasteiger partial charge < -0.3 is 9.64 Å². The monoisotopic (exact) mass is 290 g/mol. The van der Waals surface area contributed by atoms with Gasteiger partial charge in [-0.3, -0.25) is 4.79 Å². The highest BCUT2D eigenvalue weighted by Gasteiger charge is 2.30. The van der Waals surface area contributed by atoms with Crippen molar-refractivity contribution in [3.05, 3.63) is 29.3 Å². The van der Waals surface area contributed by atoms with Crippen molar-refractivity contribution in [2.24, 2.45) is 0 Å². The number of rotatable bonds is 3. The summed E-state index contributed by atoms with van der Waals surface area (Å²) in [6.45, 7) is 2.71. The Morgan fingerprint density at radius 1 is 1.50 bits per heavy atom. The lowest BCUT2D eigenvalue weighted by atomic mass is 10.2. The minimum absolute atomic E-state index is 0.0240. The molecule has 106 valence electrons. The molecule has 1 aliphatic heterocycles. The van der Waals surface area contributed by atoms with E-state index in [0.29, 0.717) is 6.61 Å². The summed E-state index contributed by atoms with van der Waals surface area (Å²) in [5.41, 5.74) is 0.998. The summed E-state index contributed by atoms with van der Waals surface area (Å²) < 4.78 is 6.63. The second-order valence-corrected chi connectivity index (χ2v) is 6.21. The molecule has 20 heavy (non-hydrogen) atoms. The van der Waals surface area contributed by atoms with Crippen LogP contribution in [0.5, 0.6) is 0 Å². The Labute approximate surface area is 122 Å².